The second-order valence-electron chi connectivity index (χ2n) is 4.63. The number of aliphatic imine (C=N–C) groups is 1. The summed E-state index contributed by atoms with van der Waals surface area (Å²) in [4.78, 5) is 19.0. The van der Waals surface area contributed by atoms with Crippen LogP contribution in [0.3, 0.4) is 0 Å². The number of hydrogen-bond acceptors (Lipinski definition) is 3. The standard InChI is InChI=1S/C14H15N3OS/c1-2-8-17-13(18)16-12(15)14(17)7-9-19-11-6-4-3-5-10(11)14/h2-6H,1,7-9H2,(H2,15,16,18). The Kier molecular flexibility index (Phi) is 2.86. The first-order chi connectivity index (χ1) is 9.20. The van der Waals surface area contributed by atoms with Gasteiger partial charge in [-0.05, 0) is 18.1 Å². The van der Waals surface area contributed by atoms with Crippen molar-refractivity contribution in [3.8, 4) is 0 Å². The van der Waals surface area contributed by atoms with Crippen LogP contribution in [-0.2, 0) is 5.54 Å². The molecule has 1 spiro atoms. The molecule has 98 valence electrons. The van der Waals surface area contributed by atoms with Crippen LogP contribution in [0.4, 0.5) is 4.79 Å². The second kappa shape index (κ2) is 4.42. The lowest BCUT2D eigenvalue weighted by Crippen LogP contribution is -2.53. The van der Waals surface area contributed by atoms with Crippen LogP contribution in [0.2, 0.25) is 0 Å². The Morgan fingerprint density at radius 1 is 1.53 bits per heavy atom. The van der Waals surface area contributed by atoms with Crippen LogP contribution < -0.4 is 5.73 Å². The first kappa shape index (κ1) is 12.3. The molecular formula is C14H15N3OS. The number of nitrogens with two attached hydrogens (primary N) is 1. The maximum absolute atomic E-state index is 12.1. The van der Waals surface area contributed by atoms with E-state index in [0.717, 1.165) is 17.7 Å². The van der Waals surface area contributed by atoms with Crippen molar-refractivity contribution in [3.63, 3.8) is 0 Å². The topological polar surface area (TPSA) is 58.7 Å². The summed E-state index contributed by atoms with van der Waals surface area (Å²) in [5.41, 5.74) is 6.62. The maximum atomic E-state index is 12.1. The number of rotatable bonds is 2. The largest absolute Gasteiger partial charge is 0.385 e. The molecule has 0 fully saturated rings. The zero-order chi connectivity index (χ0) is 13.5. The van der Waals surface area contributed by atoms with E-state index in [1.807, 2.05) is 18.2 Å². The SMILES string of the molecule is C=CCN1C(=O)N=C(N)C12CCSc1ccccc12. The van der Waals surface area contributed by atoms with Gasteiger partial charge in [0.2, 0.25) is 0 Å². The van der Waals surface area contributed by atoms with E-state index in [9.17, 15) is 4.79 Å². The van der Waals surface area contributed by atoms with E-state index in [0.29, 0.717) is 12.4 Å². The number of benzene rings is 1. The highest BCUT2D eigenvalue weighted by molar-refractivity contribution is 7.99. The third-order valence-corrected chi connectivity index (χ3v) is 4.77. The third-order valence-electron chi connectivity index (χ3n) is 3.70. The lowest BCUT2D eigenvalue weighted by molar-refractivity contribution is 0.176. The molecule has 1 aromatic carbocycles. The van der Waals surface area contributed by atoms with Gasteiger partial charge in [0.15, 0.2) is 0 Å². The first-order valence-electron chi connectivity index (χ1n) is 6.19. The van der Waals surface area contributed by atoms with Gasteiger partial charge >= 0.3 is 6.03 Å². The minimum Gasteiger partial charge on any atom is -0.385 e. The molecule has 2 amide bonds. The zero-order valence-electron chi connectivity index (χ0n) is 10.5. The van der Waals surface area contributed by atoms with Gasteiger partial charge in [0.05, 0.1) is 0 Å². The summed E-state index contributed by atoms with van der Waals surface area (Å²) in [5.74, 6) is 1.33. The monoisotopic (exact) mass is 273 g/mol. The molecule has 0 saturated carbocycles. The molecule has 0 saturated heterocycles. The number of nitrogens with zero attached hydrogens (tertiary/aromatic N) is 2. The van der Waals surface area contributed by atoms with Crippen LogP contribution in [0.5, 0.6) is 0 Å². The Bertz CT molecular complexity index is 584. The fourth-order valence-electron chi connectivity index (χ4n) is 2.84. The highest BCUT2D eigenvalue weighted by Crippen LogP contribution is 2.46. The normalized spacial score (nSPS) is 25.4. The molecule has 0 aliphatic carbocycles. The van der Waals surface area contributed by atoms with Crippen LogP contribution >= 0.6 is 11.8 Å². The Hall–Kier alpha value is -1.75. The van der Waals surface area contributed by atoms with Gasteiger partial charge in [-0.25, -0.2) is 4.79 Å². The van der Waals surface area contributed by atoms with E-state index in [1.54, 1.807) is 22.7 Å². The molecule has 0 radical (unpaired) electrons. The maximum Gasteiger partial charge on any atom is 0.346 e. The van der Waals surface area contributed by atoms with Crippen LogP contribution in [0, 0.1) is 0 Å². The number of hydrogen-bond donors (Lipinski definition) is 1. The van der Waals surface area contributed by atoms with Crippen molar-refractivity contribution in [1.82, 2.24) is 4.90 Å². The minimum atomic E-state index is -0.576. The summed E-state index contributed by atoms with van der Waals surface area (Å²) in [6.07, 6.45) is 2.52. The lowest BCUT2D eigenvalue weighted by atomic mass is 9.84. The summed E-state index contributed by atoms with van der Waals surface area (Å²) < 4.78 is 0. The van der Waals surface area contributed by atoms with Gasteiger partial charge in [0.1, 0.15) is 11.4 Å². The average molecular weight is 273 g/mol. The highest BCUT2D eigenvalue weighted by atomic mass is 32.2. The van der Waals surface area contributed by atoms with E-state index in [1.165, 1.54) is 4.90 Å². The predicted molar refractivity (Wildman–Crippen MR) is 77.4 cm³/mol. The van der Waals surface area contributed by atoms with Gasteiger partial charge < -0.3 is 10.6 Å². The number of thioether (sulfide) groups is 1. The van der Waals surface area contributed by atoms with Crippen molar-refractivity contribution in [1.29, 1.82) is 0 Å². The summed E-state index contributed by atoms with van der Waals surface area (Å²) >= 11 is 1.80. The first-order valence-corrected chi connectivity index (χ1v) is 7.18. The molecule has 3 rings (SSSR count). The Balaban J connectivity index is 2.19. The molecule has 2 N–H and O–H groups in total. The van der Waals surface area contributed by atoms with Gasteiger partial charge in [0, 0.05) is 17.2 Å². The molecule has 2 heterocycles. The number of urea groups is 1. The molecular weight excluding hydrogens is 258 g/mol. The van der Waals surface area contributed by atoms with Gasteiger partial charge in [-0.3, -0.25) is 0 Å². The minimum absolute atomic E-state index is 0.265. The van der Waals surface area contributed by atoms with E-state index >= 15 is 0 Å². The van der Waals surface area contributed by atoms with Gasteiger partial charge in [0.25, 0.3) is 0 Å². The fraction of sp³-hybridized carbons (Fsp3) is 0.286. The zero-order valence-corrected chi connectivity index (χ0v) is 11.3. The molecule has 19 heavy (non-hydrogen) atoms. The summed E-state index contributed by atoms with van der Waals surface area (Å²) in [5, 5.41) is 0. The number of carbonyl (C=O) groups is 1. The Morgan fingerprint density at radius 3 is 3.11 bits per heavy atom. The average Bonchev–Trinajstić information content (AvgIpc) is 2.65. The fourth-order valence-corrected chi connectivity index (χ4v) is 4.03. The van der Waals surface area contributed by atoms with Crippen molar-refractivity contribution in [2.24, 2.45) is 10.7 Å². The summed E-state index contributed by atoms with van der Waals surface area (Å²) in [7, 11) is 0. The molecule has 1 atom stereocenters. The van der Waals surface area contributed by atoms with Crippen LogP contribution in [0.25, 0.3) is 0 Å². The van der Waals surface area contributed by atoms with Crippen molar-refractivity contribution in [2.45, 2.75) is 16.9 Å². The predicted octanol–water partition coefficient (Wildman–Crippen LogP) is 2.36. The molecule has 1 unspecified atom stereocenters. The van der Waals surface area contributed by atoms with Crippen LogP contribution in [0.15, 0.2) is 46.8 Å². The molecule has 2 aliphatic rings. The number of fused-ring (bicyclic) bond motifs is 2. The smallest absolute Gasteiger partial charge is 0.346 e. The van der Waals surface area contributed by atoms with Crippen LogP contribution in [0.1, 0.15) is 12.0 Å². The van der Waals surface area contributed by atoms with Gasteiger partial charge in [-0.1, -0.05) is 24.3 Å². The van der Waals surface area contributed by atoms with Crippen molar-refractivity contribution in [3.05, 3.63) is 42.5 Å². The second-order valence-corrected chi connectivity index (χ2v) is 5.77. The molecule has 5 heteroatoms. The summed E-state index contributed by atoms with van der Waals surface area (Å²) in [6.45, 7) is 4.19. The number of amides is 2. The molecule has 1 aromatic rings. The van der Waals surface area contributed by atoms with E-state index < -0.39 is 5.54 Å². The number of carbonyl (C=O) groups excluding carboxylic acids is 1. The Morgan fingerprint density at radius 2 is 2.32 bits per heavy atom. The van der Waals surface area contributed by atoms with Gasteiger partial charge in [-0.15, -0.1) is 18.3 Å². The van der Waals surface area contributed by atoms with Crippen molar-refractivity contribution >= 4 is 23.6 Å². The molecule has 0 aromatic heterocycles. The van der Waals surface area contributed by atoms with E-state index in [2.05, 4.69) is 17.6 Å². The van der Waals surface area contributed by atoms with E-state index in [4.69, 9.17) is 5.73 Å². The van der Waals surface area contributed by atoms with Gasteiger partial charge in [-0.2, -0.15) is 4.99 Å². The molecule has 2 aliphatic heterocycles. The highest BCUT2D eigenvalue weighted by Gasteiger charge is 2.51. The van der Waals surface area contributed by atoms with Crippen LogP contribution in [-0.4, -0.2) is 29.1 Å². The molecule has 4 nitrogen and oxygen atoms in total. The number of amidine groups is 1. The van der Waals surface area contributed by atoms with E-state index in [-0.39, 0.29) is 6.03 Å². The quantitative estimate of drug-likeness (QED) is 0.841. The Labute approximate surface area is 116 Å². The van der Waals surface area contributed by atoms with Crippen molar-refractivity contribution in [2.75, 3.05) is 12.3 Å². The molecule has 0 bridgehead atoms. The lowest BCUT2D eigenvalue weighted by Gasteiger charge is -2.41. The summed E-state index contributed by atoms with van der Waals surface area (Å²) in [6, 6.07) is 7.84. The van der Waals surface area contributed by atoms with Crippen molar-refractivity contribution < 1.29 is 4.79 Å². The third kappa shape index (κ3) is 1.61.